The lowest BCUT2D eigenvalue weighted by atomic mass is 10.1. The molecular formula is C13H12N2O3. The average molecular weight is 244 g/mol. The van der Waals surface area contributed by atoms with Crippen molar-refractivity contribution < 1.29 is 9.90 Å². The number of carboxylic acid groups (broad SMARTS) is 1. The minimum Gasteiger partial charge on any atom is -0.481 e. The number of carboxylic acids is 1. The summed E-state index contributed by atoms with van der Waals surface area (Å²) in [5, 5.41) is 8.78. The zero-order valence-electron chi connectivity index (χ0n) is 9.51. The summed E-state index contributed by atoms with van der Waals surface area (Å²) in [6.45, 7) is 0. The predicted octanol–water partition coefficient (Wildman–Crippen LogP) is 1.25. The van der Waals surface area contributed by atoms with Gasteiger partial charge in [-0.1, -0.05) is 30.3 Å². The van der Waals surface area contributed by atoms with Gasteiger partial charge in [-0.3, -0.25) is 9.59 Å². The molecule has 1 heterocycles. The number of nitrogens with one attached hydrogen (secondary N) is 1. The van der Waals surface area contributed by atoms with Crippen LogP contribution in [0.15, 0.2) is 41.2 Å². The van der Waals surface area contributed by atoms with Gasteiger partial charge in [-0.25, -0.2) is 0 Å². The van der Waals surface area contributed by atoms with Gasteiger partial charge < -0.3 is 15.8 Å². The molecule has 0 fully saturated rings. The first-order valence-corrected chi connectivity index (χ1v) is 5.37. The van der Waals surface area contributed by atoms with Crippen molar-refractivity contribution in [2.75, 3.05) is 5.73 Å². The van der Waals surface area contributed by atoms with Gasteiger partial charge in [0.15, 0.2) is 0 Å². The number of benzene rings is 1. The van der Waals surface area contributed by atoms with Crippen molar-refractivity contribution in [1.82, 2.24) is 4.98 Å². The first kappa shape index (κ1) is 11.9. The van der Waals surface area contributed by atoms with Crippen LogP contribution in [0.1, 0.15) is 5.56 Å². The van der Waals surface area contributed by atoms with E-state index in [1.165, 1.54) is 0 Å². The fourth-order valence-corrected chi connectivity index (χ4v) is 1.71. The molecule has 0 unspecified atom stereocenters. The maximum absolute atomic E-state index is 11.6. The minimum absolute atomic E-state index is 0.0444. The van der Waals surface area contributed by atoms with E-state index in [2.05, 4.69) is 4.98 Å². The van der Waals surface area contributed by atoms with Gasteiger partial charge >= 0.3 is 5.97 Å². The molecule has 5 heteroatoms. The third-order valence-electron chi connectivity index (χ3n) is 2.58. The molecule has 5 nitrogen and oxygen atoms in total. The van der Waals surface area contributed by atoms with Crippen molar-refractivity contribution in [3.63, 3.8) is 0 Å². The van der Waals surface area contributed by atoms with Crippen LogP contribution in [0.25, 0.3) is 11.3 Å². The van der Waals surface area contributed by atoms with Crippen molar-refractivity contribution in [2.24, 2.45) is 0 Å². The van der Waals surface area contributed by atoms with Crippen molar-refractivity contribution in [2.45, 2.75) is 6.42 Å². The van der Waals surface area contributed by atoms with Gasteiger partial charge in [0.05, 0.1) is 6.42 Å². The highest BCUT2D eigenvalue weighted by molar-refractivity contribution is 5.74. The zero-order valence-corrected chi connectivity index (χ0v) is 9.51. The molecule has 2 aromatic rings. The number of pyridine rings is 1. The number of carbonyl (C=O) groups is 1. The van der Waals surface area contributed by atoms with Crippen LogP contribution >= 0.6 is 0 Å². The highest BCUT2D eigenvalue weighted by atomic mass is 16.4. The van der Waals surface area contributed by atoms with Crippen LogP contribution in [0.5, 0.6) is 0 Å². The average Bonchev–Trinajstić information content (AvgIpc) is 2.35. The Morgan fingerprint density at radius 2 is 1.94 bits per heavy atom. The third kappa shape index (κ3) is 2.40. The van der Waals surface area contributed by atoms with E-state index in [4.69, 9.17) is 10.8 Å². The summed E-state index contributed by atoms with van der Waals surface area (Å²) in [6.07, 6.45) is -0.268. The Hall–Kier alpha value is -2.56. The van der Waals surface area contributed by atoms with E-state index in [1.54, 1.807) is 6.07 Å². The molecule has 0 bridgehead atoms. The molecule has 0 aliphatic carbocycles. The standard InChI is InChI=1S/C13H12N2O3/c14-12-9(7-11(16)17)6-10(15-13(12)18)8-4-2-1-3-5-8/h1-6H,7,14H2,(H,15,18)(H,16,17). The van der Waals surface area contributed by atoms with Crippen LogP contribution in [-0.2, 0) is 11.2 Å². The SMILES string of the molecule is Nc1c(CC(=O)O)cc(-c2ccccc2)[nH]c1=O. The van der Waals surface area contributed by atoms with Crippen molar-refractivity contribution in [1.29, 1.82) is 0 Å². The third-order valence-corrected chi connectivity index (χ3v) is 2.58. The largest absolute Gasteiger partial charge is 0.481 e. The summed E-state index contributed by atoms with van der Waals surface area (Å²) in [5.74, 6) is -1.02. The van der Waals surface area contributed by atoms with Gasteiger partial charge in [0.25, 0.3) is 5.56 Å². The lowest BCUT2D eigenvalue weighted by Crippen LogP contribution is -2.17. The molecular weight excluding hydrogens is 232 g/mol. The molecule has 1 aromatic carbocycles. The van der Waals surface area contributed by atoms with Gasteiger partial charge in [-0.05, 0) is 17.2 Å². The summed E-state index contributed by atoms with van der Waals surface area (Å²) in [5.41, 5.74) is 6.75. The maximum atomic E-state index is 11.6. The fourth-order valence-electron chi connectivity index (χ4n) is 1.71. The summed E-state index contributed by atoms with van der Waals surface area (Å²) >= 11 is 0. The van der Waals surface area contributed by atoms with E-state index in [-0.39, 0.29) is 12.1 Å². The summed E-state index contributed by atoms with van der Waals surface area (Å²) in [6, 6.07) is 10.8. The molecule has 0 radical (unpaired) electrons. The Kier molecular flexibility index (Phi) is 3.14. The molecule has 92 valence electrons. The van der Waals surface area contributed by atoms with E-state index in [9.17, 15) is 9.59 Å². The van der Waals surface area contributed by atoms with E-state index >= 15 is 0 Å². The molecule has 0 saturated carbocycles. The second-order valence-electron chi connectivity index (χ2n) is 3.89. The summed E-state index contributed by atoms with van der Waals surface area (Å²) in [4.78, 5) is 25.0. The first-order chi connectivity index (χ1) is 8.58. The topological polar surface area (TPSA) is 96.2 Å². The number of aliphatic carboxylic acids is 1. The Labute approximate surface area is 103 Å². The number of H-pyrrole nitrogens is 1. The summed E-state index contributed by atoms with van der Waals surface area (Å²) < 4.78 is 0. The number of rotatable bonds is 3. The summed E-state index contributed by atoms with van der Waals surface area (Å²) in [7, 11) is 0. The first-order valence-electron chi connectivity index (χ1n) is 5.37. The monoisotopic (exact) mass is 244 g/mol. The molecule has 0 amide bonds. The zero-order chi connectivity index (χ0) is 13.1. The van der Waals surface area contributed by atoms with Crippen molar-refractivity contribution in [3.8, 4) is 11.3 Å². The molecule has 0 aliphatic rings. The maximum Gasteiger partial charge on any atom is 0.307 e. The van der Waals surface area contributed by atoms with Gasteiger partial charge in [0.2, 0.25) is 0 Å². The van der Waals surface area contributed by atoms with Gasteiger partial charge in [0.1, 0.15) is 5.69 Å². The Morgan fingerprint density at radius 3 is 2.56 bits per heavy atom. The molecule has 4 N–H and O–H groups in total. The Balaban J connectivity index is 2.54. The molecule has 1 aromatic heterocycles. The number of aromatic nitrogens is 1. The minimum atomic E-state index is -1.02. The van der Waals surface area contributed by atoms with Gasteiger partial charge in [0, 0.05) is 5.69 Å². The highest BCUT2D eigenvalue weighted by Gasteiger charge is 2.10. The number of anilines is 1. The smallest absolute Gasteiger partial charge is 0.307 e. The normalized spacial score (nSPS) is 10.2. The van der Waals surface area contributed by atoms with E-state index in [1.807, 2.05) is 30.3 Å². The van der Waals surface area contributed by atoms with E-state index < -0.39 is 11.5 Å². The van der Waals surface area contributed by atoms with Crippen molar-refractivity contribution in [3.05, 3.63) is 52.3 Å². The molecule has 0 aliphatic heterocycles. The van der Waals surface area contributed by atoms with Crippen molar-refractivity contribution >= 4 is 11.7 Å². The second-order valence-corrected chi connectivity index (χ2v) is 3.89. The van der Waals surface area contributed by atoms with Crippen LogP contribution in [-0.4, -0.2) is 16.1 Å². The molecule has 0 saturated heterocycles. The molecule has 0 spiro atoms. The van der Waals surface area contributed by atoms with Gasteiger partial charge in [-0.15, -0.1) is 0 Å². The Bertz CT molecular complexity index is 632. The lowest BCUT2D eigenvalue weighted by Gasteiger charge is -2.06. The van der Waals surface area contributed by atoms with Crippen LogP contribution in [0.4, 0.5) is 5.69 Å². The highest BCUT2D eigenvalue weighted by Crippen LogP contribution is 2.18. The van der Waals surface area contributed by atoms with Gasteiger partial charge in [-0.2, -0.15) is 0 Å². The number of aromatic amines is 1. The number of hydrogen-bond acceptors (Lipinski definition) is 3. The van der Waals surface area contributed by atoms with E-state index in [0.717, 1.165) is 5.56 Å². The van der Waals surface area contributed by atoms with Crippen LogP contribution < -0.4 is 11.3 Å². The predicted molar refractivity (Wildman–Crippen MR) is 68.3 cm³/mol. The van der Waals surface area contributed by atoms with Crippen LogP contribution in [0, 0.1) is 0 Å². The number of hydrogen-bond donors (Lipinski definition) is 3. The molecule has 2 rings (SSSR count). The lowest BCUT2D eigenvalue weighted by molar-refractivity contribution is -0.136. The molecule has 18 heavy (non-hydrogen) atoms. The number of nitrogen functional groups attached to an aromatic ring is 1. The molecule has 0 atom stereocenters. The second kappa shape index (κ2) is 4.75. The fraction of sp³-hybridized carbons (Fsp3) is 0.0769. The Morgan fingerprint density at radius 1 is 1.28 bits per heavy atom. The quantitative estimate of drug-likeness (QED) is 0.757. The van der Waals surface area contributed by atoms with Crippen LogP contribution in [0.2, 0.25) is 0 Å². The number of nitrogens with two attached hydrogens (primary N) is 1. The van der Waals surface area contributed by atoms with E-state index in [0.29, 0.717) is 11.3 Å². The van der Waals surface area contributed by atoms with Crippen LogP contribution in [0.3, 0.4) is 0 Å².